The summed E-state index contributed by atoms with van der Waals surface area (Å²) < 4.78 is 18.5. The van der Waals surface area contributed by atoms with E-state index in [1.807, 2.05) is 6.92 Å². The topological polar surface area (TPSA) is 59.1 Å². The Morgan fingerprint density at radius 1 is 1.30 bits per heavy atom. The Hall–Kier alpha value is -2.37. The predicted octanol–water partition coefficient (Wildman–Crippen LogP) is 4.28. The van der Waals surface area contributed by atoms with Gasteiger partial charge in [-0.2, -0.15) is 4.98 Å². The van der Waals surface area contributed by atoms with E-state index in [2.05, 4.69) is 41.4 Å². The minimum absolute atomic E-state index is 0.0916. The van der Waals surface area contributed by atoms with Crippen LogP contribution < -0.4 is 15.4 Å². The van der Waals surface area contributed by atoms with Crippen LogP contribution in [0.5, 0.6) is 5.75 Å². The zero-order valence-corrected chi connectivity index (χ0v) is 14.2. The second-order valence-electron chi connectivity index (χ2n) is 6.06. The van der Waals surface area contributed by atoms with Crippen molar-refractivity contribution < 1.29 is 9.13 Å². The molecule has 2 aromatic rings. The molecule has 0 saturated carbocycles. The summed E-state index contributed by atoms with van der Waals surface area (Å²) in [5, 5.41) is 6.49. The Morgan fingerprint density at radius 2 is 2.04 bits per heavy atom. The molecule has 2 N–H and O–H groups in total. The van der Waals surface area contributed by atoms with Gasteiger partial charge in [0.2, 0.25) is 5.95 Å². The summed E-state index contributed by atoms with van der Waals surface area (Å²) in [6.45, 7) is 8.20. The highest BCUT2D eigenvalue weighted by Gasteiger charge is 2.16. The number of benzene rings is 1. The first kappa shape index (κ1) is 17.0. The third-order valence-electron chi connectivity index (χ3n) is 3.72. The van der Waals surface area contributed by atoms with Gasteiger partial charge >= 0.3 is 0 Å². The quantitative estimate of drug-likeness (QED) is 0.832. The maximum atomic E-state index is 13.5. The summed E-state index contributed by atoms with van der Waals surface area (Å²) in [7, 11) is 1.44. The van der Waals surface area contributed by atoms with Crippen molar-refractivity contribution in [2.24, 2.45) is 0 Å². The Kier molecular flexibility index (Phi) is 5.03. The number of halogens is 1. The molecule has 0 aliphatic rings. The molecule has 0 saturated heterocycles. The maximum Gasteiger partial charge on any atom is 0.225 e. The van der Waals surface area contributed by atoms with E-state index in [0.29, 0.717) is 17.5 Å². The number of nitrogens with zero attached hydrogens (tertiary/aromatic N) is 2. The van der Waals surface area contributed by atoms with E-state index in [1.165, 1.54) is 13.2 Å². The molecule has 1 aromatic heterocycles. The van der Waals surface area contributed by atoms with Crippen LogP contribution in [0.4, 0.5) is 21.8 Å². The van der Waals surface area contributed by atoms with Crippen molar-refractivity contribution in [1.82, 2.24) is 9.97 Å². The van der Waals surface area contributed by atoms with Gasteiger partial charge in [-0.05, 0) is 39.3 Å². The lowest BCUT2D eigenvalue weighted by Crippen LogP contribution is -2.30. The average Bonchev–Trinajstić information content (AvgIpc) is 2.52. The summed E-state index contributed by atoms with van der Waals surface area (Å²) in [6.07, 6.45) is 2.70. The predicted molar refractivity (Wildman–Crippen MR) is 91.0 cm³/mol. The lowest BCUT2D eigenvalue weighted by molar-refractivity contribution is 0.387. The van der Waals surface area contributed by atoms with Gasteiger partial charge in [-0.25, -0.2) is 9.37 Å². The number of aryl methyl sites for hydroxylation is 1. The first-order valence-electron chi connectivity index (χ1n) is 7.57. The van der Waals surface area contributed by atoms with Crippen LogP contribution in [-0.4, -0.2) is 22.6 Å². The van der Waals surface area contributed by atoms with Crippen LogP contribution >= 0.6 is 0 Å². The highest BCUT2D eigenvalue weighted by Crippen LogP contribution is 2.25. The Bertz CT molecular complexity index is 688. The Labute approximate surface area is 136 Å². The fourth-order valence-corrected chi connectivity index (χ4v) is 1.89. The van der Waals surface area contributed by atoms with Gasteiger partial charge in [0.25, 0.3) is 0 Å². The van der Waals surface area contributed by atoms with Crippen LogP contribution in [0.15, 0.2) is 24.4 Å². The molecule has 6 heteroatoms. The molecule has 0 aliphatic heterocycles. The molecule has 124 valence electrons. The van der Waals surface area contributed by atoms with E-state index in [0.717, 1.165) is 12.0 Å². The first-order valence-corrected chi connectivity index (χ1v) is 7.57. The molecule has 0 unspecified atom stereocenters. The summed E-state index contributed by atoms with van der Waals surface area (Å²) >= 11 is 0. The van der Waals surface area contributed by atoms with Crippen molar-refractivity contribution in [2.75, 3.05) is 17.7 Å². The van der Waals surface area contributed by atoms with E-state index >= 15 is 0 Å². The number of anilines is 3. The summed E-state index contributed by atoms with van der Waals surface area (Å²) in [5.74, 6) is 1.01. The van der Waals surface area contributed by atoms with Gasteiger partial charge in [0.15, 0.2) is 11.6 Å². The molecule has 0 fully saturated rings. The normalized spacial score (nSPS) is 11.2. The molecule has 0 aliphatic carbocycles. The number of hydrogen-bond acceptors (Lipinski definition) is 5. The fraction of sp³-hybridized carbons (Fsp3) is 0.412. The van der Waals surface area contributed by atoms with Crippen LogP contribution in [0.1, 0.15) is 32.8 Å². The third-order valence-corrected chi connectivity index (χ3v) is 3.72. The van der Waals surface area contributed by atoms with Crippen LogP contribution in [0.2, 0.25) is 0 Å². The molecule has 0 bridgehead atoms. The molecule has 1 heterocycles. The first-order chi connectivity index (χ1) is 10.8. The van der Waals surface area contributed by atoms with E-state index in [1.54, 1.807) is 18.3 Å². The molecule has 0 amide bonds. The van der Waals surface area contributed by atoms with Gasteiger partial charge in [0.05, 0.1) is 7.11 Å². The van der Waals surface area contributed by atoms with Gasteiger partial charge in [-0.3, -0.25) is 0 Å². The lowest BCUT2D eigenvalue weighted by Gasteiger charge is -2.24. The second kappa shape index (κ2) is 6.81. The largest absolute Gasteiger partial charge is 0.494 e. The van der Waals surface area contributed by atoms with Gasteiger partial charge in [-0.1, -0.05) is 6.92 Å². The van der Waals surface area contributed by atoms with Gasteiger partial charge in [-0.15, -0.1) is 0 Å². The number of ether oxygens (including phenoxy) is 1. The number of nitrogens with one attached hydrogen (secondary N) is 2. The Balaban J connectivity index is 2.25. The highest BCUT2D eigenvalue weighted by molar-refractivity contribution is 5.61. The van der Waals surface area contributed by atoms with Crippen molar-refractivity contribution in [3.8, 4) is 5.75 Å². The Morgan fingerprint density at radius 3 is 2.70 bits per heavy atom. The molecule has 23 heavy (non-hydrogen) atoms. The van der Waals surface area contributed by atoms with E-state index in [9.17, 15) is 4.39 Å². The smallest absolute Gasteiger partial charge is 0.225 e. The summed E-state index contributed by atoms with van der Waals surface area (Å²) in [6, 6.07) is 4.60. The monoisotopic (exact) mass is 318 g/mol. The van der Waals surface area contributed by atoms with Crippen molar-refractivity contribution in [3.63, 3.8) is 0 Å². The zero-order valence-electron chi connectivity index (χ0n) is 14.2. The van der Waals surface area contributed by atoms with Crippen LogP contribution in [0.25, 0.3) is 0 Å². The van der Waals surface area contributed by atoms with Gasteiger partial charge in [0.1, 0.15) is 5.82 Å². The number of rotatable bonds is 6. The summed E-state index contributed by atoms with van der Waals surface area (Å²) in [5.41, 5.74) is 1.50. The second-order valence-corrected chi connectivity index (χ2v) is 6.06. The van der Waals surface area contributed by atoms with Crippen molar-refractivity contribution in [3.05, 3.63) is 35.8 Å². The van der Waals surface area contributed by atoms with Crippen LogP contribution in [0, 0.1) is 12.7 Å². The average molecular weight is 318 g/mol. The molecule has 0 radical (unpaired) electrons. The fourth-order valence-electron chi connectivity index (χ4n) is 1.89. The minimum Gasteiger partial charge on any atom is -0.494 e. The number of hydrogen-bond donors (Lipinski definition) is 2. The molecular weight excluding hydrogens is 295 g/mol. The maximum absolute atomic E-state index is 13.5. The summed E-state index contributed by atoms with van der Waals surface area (Å²) in [4.78, 5) is 8.83. The van der Waals surface area contributed by atoms with Crippen molar-refractivity contribution in [1.29, 1.82) is 0 Å². The third kappa shape index (κ3) is 4.31. The molecular formula is C17H23FN4O. The van der Waals surface area contributed by atoms with Gasteiger partial charge in [0, 0.05) is 29.1 Å². The molecule has 1 aromatic carbocycles. The lowest BCUT2D eigenvalue weighted by atomic mass is 10.0. The molecule has 0 spiro atoms. The van der Waals surface area contributed by atoms with E-state index < -0.39 is 5.82 Å². The van der Waals surface area contributed by atoms with Crippen molar-refractivity contribution >= 4 is 17.5 Å². The zero-order chi connectivity index (χ0) is 17.0. The molecule has 5 nitrogen and oxygen atoms in total. The molecule has 2 rings (SSSR count). The van der Waals surface area contributed by atoms with Crippen LogP contribution in [0.3, 0.4) is 0 Å². The van der Waals surface area contributed by atoms with Crippen molar-refractivity contribution in [2.45, 2.75) is 39.7 Å². The van der Waals surface area contributed by atoms with Gasteiger partial charge < -0.3 is 15.4 Å². The minimum atomic E-state index is -0.399. The highest BCUT2D eigenvalue weighted by atomic mass is 19.1. The number of methoxy groups -OCH3 is 1. The number of aromatic nitrogens is 2. The SMILES string of the molecule is CCC(C)(C)Nc1ncc(C)c(Nc2ccc(F)c(OC)c2)n1. The van der Waals surface area contributed by atoms with Crippen LogP contribution in [-0.2, 0) is 0 Å². The van der Waals surface area contributed by atoms with E-state index in [-0.39, 0.29) is 11.3 Å². The molecule has 0 atom stereocenters. The van der Waals surface area contributed by atoms with E-state index in [4.69, 9.17) is 4.74 Å². The standard InChI is InChI=1S/C17H23FN4O/c1-6-17(3,4)22-16-19-10-11(2)15(21-16)20-12-7-8-13(18)14(9-12)23-5/h7-10H,6H2,1-5H3,(H2,19,20,21,22).